The average molecular weight is 1180 g/mol. The second kappa shape index (κ2) is 62.8. The summed E-state index contributed by atoms with van der Waals surface area (Å²) in [7, 11) is 0. The molecule has 0 bridgehead atoms. The van der Waals surface area contributed by atoms with Crippen molar-refractivity contribution in [2.75, 3.05) is 0 Å². The van der Waals surface area contributed by atoms with E-state index in [2.05, 4.69) is 76.3 Å². The summed E-state index contributed by atoms with van der Waals surface area (Å²) in [4.78, 5) is 54.8. The van der Waals surface area contributed by atoms with Crippen LogP contribution in [0.2, 0.25) is 0 Å². The highest BCUT2D eigenvalue weighted by molar-refractivity contribution is 5.74. The highest BCUT2D eigenvalue weighted by atomic mass is 16.8. The van der Waals surface area contributed by atoms with Gasteiger partial charge in [0, 0.05) is 25.7 Å². The molecule has 0 spiro atoms. The minimum atomic E-state index is -2.93. The highest BCUT2D eigenvalue weighted by Crippen LogP contribution is 2.29. The fourth-order valence-corrected chi connectivity index (χ4v) is 10.6. The van der Waals surface area contributed by atoms with E-state index in [1.165, 1.54) is 154 Å². The Kier molecular flexibility index (Phi) is 60.4. The number of hydrogen-bond acceptors (Lipinski definition) is 10. The van der Waals surface area contributed by atoms with Crippen molar-refractivity contribution >= 4 is 23.9 Å². The summed E-state index contributed by atoms with van der Waals surface area (Å²) >= 11 is 0. The first-order chi connectivity index (χ1) is 41.1. The van der Waals surface area contributed by atoms with Gasteiger partial charge in [0.2, 0.25) is 0 Å². The number of ether oxygens (including phenoxy) is 4. The third-order valence-corrected chi connectivity index (χ3v) is 16.1. The van der Waals surface area contributed by atoms with E-state index < -0.39 is 35.7 Å². The van der Waals surface area contributed by atoms with Gasteiger partial charge in [0.15, 0.2) is 0 Å². The number of carbonyl (C=O) groups is 4. The first kappa shape index (κ1) is 80.8. The lowest BCUT2D eigenvalue weighted by molar-refractivity contribution is -0.361. The van der Waals surface area contributed by atoms with Crippen LogP contribution in [0.15, 0.2) is 48.6 Å². The molecule has 0 aliphatic rings. The van der Waals surface area contributed by atoms with E-state index in [1.807, 2.05) is 0 Å². The molecular formula is C74H136N2O8. The highest BCUT2D eigenvalue weighted by Gasteiger charge is 2.61. The molecule has 0 saturated carbocycles. The Balaban J connectivity index is 5.76. The van der Waals surface area contributed by atoms with Gasteiger partial charge in [-0.2, -0.15) is 0 Å². The second-order valence-electron chi connectivity index (χ2n) is 24.6. The Bertz CT molecular complexity index is 1380. The van der Waals surface area contributed by atoms with Crippen LogP contribution in [0.3, 0.4) is 0 Å². The summed E-state index contributed by atoms with van der Waals surface area (Å²) in [6.07, 6.45) is 75.7. The molecular weight excluding hydrogens is 1040 g/mol. The zero-order valence-corrected chi connectivity index (χ0v) is 55.6. The van der Waals surface area contributed by atoms with Crippen LogP contribution >= 0.6 is 0 Å². The molecule has 4 N–H and O–H groups in total. The Morgan fingerprint density at radius 1 is 0.226 bits per heavy atom. The van der Waals surface area contributed by atoms with Crippen molar-refractivity contribution < 1.29 is 38.1 Å². The maximum Gasteiger partial charge on any atom is 0.413 e. The van der Waals surface area contributed by atoms with Crippen molar-refractivity contribution in [3.63, 3.8) is 0 Å². The van der Waals surface area contributed by atoms with Gasteiger partial charge >= 0.3 is 35.7 Å². The minimum Gasteiger partial charge on any atom is -0.401 e. The molecule has 0 unspecified atom stereocenters. The van der Waals surface area contributed by atoms with Crippen LogP contribution in [-0.2, 0) is 38.1 Å². The van der Waals surface area contributed by atoms with E-state index in [0.717, 1.165) is 154 Å². The number of rotatable bonds is 65. The van der Waals surface area contributed by atoms with Crippen LogP contribution in [0.5, 0.6) is 0 Å². The first-order valence-electron chi connectivity index (χ1n) is 36.1. The van der Waals surface area contributed by atoms with Crippen LogP contribution in [-0.4, -0.2) is 35.7 Å². The molecule has 0 aromatic carbocycles. The molecule has 10 nitrogen and oxygen atoms in total. The topological polar surface area (TPSA) is 157 Å². The molecule has 0 rings (SSSR count). The van der Waals surface area contributed by atoms with E-state index in [-0.39, 0.29) is 25.7 Å². The second-order valence-corrected chi connectivity index (χ2v) is 24.6. The van der Waals surface area contributed by atoms with E-state index in [9.17, 15) is 19.2 Å². The molecule has 0 atom stereocenters. The van der Waals surface area contributed by atoms with Gasteiger partial charge in [-0.05, 0) is 128 Å². The molecule has 10 heteroatoms. The standard InChI is InChI=1S/C74H136N2O8/c1-5-9-13-17-21-25-29-33-37-41-45-49-53-57-61-65-69(77)81-73(75,82-70(78)66-62-58-54-50-46-42-38-34-30-26-22-18-14-10-6-2)74(76,83-71(79)67-63-59-55-51-47-43-39-35-31-27-23-19-15-11-7-3)84-72(80)68-64-60-56-52-48-44-40-36-32-28-24-20-16-12-8-4/h33-40H,5-32,41-68,75-76H2,1-4H3/b37-33-,38-34-,39-35-,40-36-. The summed E-state index contributed by atoms with van der Waals surface area (Å²) in [5.41, 5.74) is 13.5. The Morgan fingerprint density at radius 2 is 0.357 bits per heavy atom. The zero-order chi connectivity index (χ0) is 61.4. The smallest absolute Gasteiger partial charge is 0.401 e. The van der Waals surface area contributed by atoms with Crippen molar-refractivity contribution in [1.29, 1.82) is 0 Å². The lowest BCUT2D eigenvalue weighted by Crippen LogP contribution is -2.73. The third kappa shape index (κ3) is 54.2. The molecule has 0 aliphatic heterocycles. The van der Waals surface area contributed by atoms with Gasteiger partial charge in [-0.1, -0.05) is 282 Å². The van der Waals surface area contributed by atoms with Gasteiger partial charge in [0.05, 0.1) is 0 Å². The lowest BCUT2D eigenvalue weighted by atomic mass is 10.1. The predicted molar refractivity (Wildman–Crippen MR) is 356 cm³/mol. The summed E-state index contributed by atoms with van der Waals surface area (Å²) in [6, 6.07) is 0. The first-order valence-corrected chi connectivity index (χ1v) is 36.1. The Labute approximate surface area is 518 Å². The summed E-state index contributed by atoms with van der Waals surface area (Å²) in [5.74, 6) is -9.02. The van der Waals surface area contributed by atoms with Crippen molar-refractivity contribution in [3.05, 3.63) is 48.6 Å². The molecule has 0 aliphatic carbocycles. The van der Waals surface area contributed by atoms with Crippen LogP contribution in [0.4, 0.5) is 0 Å². The van der Waals surface area contributed by atoms with Gasteiger partial charge in [-0.3, -0.25) is 19.2 Å². The number of unbranched alkanes of at least 4 members (excludes halogenated alkanes) is 44. The van der Waals surface area contributed by atoms with Gasteiger partial charge in [-0.15, -0.1) is 0 Å². The van der Waals surface area contributed by atoms with E-state index >= 15 is 0 Å². The Morgan fingerprint density at radius 3 is 0.512 bits per heavy atom. The van der Waals surface area contributed by atoms with Crippen LogP contribution < -0.4 is 11.5 Å². The van der Waals surface area contributed by atoms with Crippen LogP contribution in [0, 0.1) is 0 Å². The predicted octanol–water partition coefficient (Wildman–Crippen LogP) is 22.5. The van der Waals surface area contributed by atoms with Crippen molar-refractivity contribution in [2.45, 2.75) is 399 Å². The monoisotopic (exact) mass is 1180 g/mol. The number of esters is 4. The van der Waals surface area contributed by atoms with Gasteiger partial charge in [0.1, 0.15) is 0 Å². The summed E-state index contributed by atoms with van der Waals surface area (Å²) in [5, 5.41) is 0. The third-order valence-electron chi connectivity index (χ3n) is 16.1. The quantitative estimate of drug-likeness (QED) is 0.0260. The van der Waals surface area contributed by atoms with E-state index in [4.69, 9.17) is 30.4 Å². The fourth-order valence-electron chi connectivity index (χ4n) is 10.6. The van der Waals surface area contributed by atoms with Crippen LogP contribution in [0.25, 0.3) is 0 Å². The number of nitrogens with two attached hydrogens (primary N) is 2. The summed E-state index contributed by atoms with van der Waals surface area (Å²) < 4.78 is 23.1. The van der Waals surface area contributed by atoms with E-state index in [0.29, 0.717) is 25.7 Å². The molecule has 0 amide bonds. The molecule has 0 aromatic rings. The fraction of sp³-hybridized carbons (Fsp3) is 0.838. The molecule has 0 heterocycles. The maximum atomic E-state index is 13.7. The largest absolute Gasteiger partial charge is 0.413 e. The lowest BCUT2D eigenvalue weighted by Gasteiger charge is -2.40. The van der Waals surface area contributed by atoms with Crippen LogP contribution in [0.1, 0.15) is 387 Å². The van der Waals surface area contributed by atoms with Crippen molar-refractivity contribution in [1.82, 2.24) is 0 Å². The minimum absolute atomic E-state index is 0.0370. The summed E-state index contributed by atoms with van der Waals surface area (Å²) in [6.45, 7) is 9.00. The SMILES string of the molecule is CCCCCCCC/C=C\CCCCCCCC(=O)OC(N)(OC(=O)CCCCCCC/C=C\CCCCCCCC)C(N)(OC(=O)CCCCCCC/C=C\CCCCCCCC)OC(=O)CCCCCCC/C=C\CCCCCCCC. The normalized spacial score (nSPS) is 12.2. The molecule has 84 heavy (non-hydrogen) atoms. The molecule has 0 saturated heterocycles. The van der Waals surface area contributed by atoms with Gasteiger partial charge in [-0.25, -0.2) is 11.5 Å². The van der Waals surface area contributed by atoms with Crippen molar-refractivity contribution in [3.8, 4) is 0 Å². The molecule has 0 radical (unpaired) electrons. The average Bonchev–Trinajstić information content (AvgIpc) is 3.32. The zero-order valence-electron chi connectivity index (χ0n) is 55.6. The van der Waals surface area contributed by atoms with Crippen molar-refractivity contribution in [2.24, 2.45) is 11.5 Å². The molecule has 0 fully saturated rings. The molecule has 490 valence electrons. The van der Waals surface area contributed by atoms with E-state index in [1.54, 1.807) is 0 Å². The number of hydrogen-bond donors (Lipinski definition) is 2. The number of allylic oxidation sites excluding steroid dienone is 8. The van der Waals surface area contributed by atoms with Gasteiger partial charge < -0.3 is 18.9 Å². The number of carbonyl (C=O) groups excluding carboxylic acids is 4. The Hall–Kier alpha value is -3.24. The maximum absolute atomic E-state index is 13.7. The van der Waals surface area contributed by atoms with Gasteiger partial charge in [0.25, 0.3) is 0 Å². The molecule has 0 aromatic heterocycles.